The number of rotatable bonds is 5. The van der Waals surface area contributed by atoms with Crippen molar-refractivity contribution in [3.05, 3.63) is 29.8 Å². The quantitative estimate of drug-likeness (QED) is 0.849. The molecule has 2 N–H and O–H groups in total. The molecule has 1 aromatic carbocycles. The molecule has 1 amide bonds. The maximum Gasteiger partial charge on any atom is 0.223 e. The summed E-state index contributed by atoms with van der Waals surface area (Å²) in [7, 11) is 1.65. The zero-order chi connectivity index (χ0) is 13.8. The largest absolute Gasteiger partial charge is 0.496 e. The van der Waals surface area contributed by atoms with Crippen LogP contribution in [0.15, 0.2) is 24.3 Å². The Morgan fingerprint density at radius 1 is 1.37 bits per heavy atom. The molecule has 1 fully saturated rings. The first-order valence-electron chi connectivity index (χ1n) is 6.77. The van der Waals surface area contributed by atoms with Crippen molar-refractivity contribution >= 4 is 5.91 Å². The minimum Gasteiger partial charge on any atom is -0.496 e. The SMILES string of the molecule is COc1ccccc1[C@H](C)NC(=O)C(C)C1CNC1. The van der Waals surface area contributed by atoms with Gasteiger partial charge in [0.15, 0.2) is 0 Å². The Morgan fingerprint density at radius 3 is 2.63 bits per heavy atom. The van der Waals surface area contributed by atoms with Gasteiger partial charge in [-0.1, -0.05) is 25.1 Å². The fraction of sp³-hybridized carbons (Fsp3) is 0.533. The zero-order valence-corrected chi connectivity index (χ0v) is 11.8. The third-order valence-corrected chi connectivity index (χ3v) is 3.90. The number of hydrogen-bond acceptors (Lipinski definition) is 3. The number of benzene rings is 1. The maximum atomic E-state index is 12.2. The molecule has 19 heavy (non-hydrogen) atoms. The van der Waals surface area contributed by atoms with E-state index in [1.807, 2.05) is 38.1 Å². The van der Waals surface area contributed by atoms with Crippen molar-refractivity contribution in [2.45, 2.75) is 19.9 Å². The standard InChI is InChI=1S/C15H22N2O2/c1-10(12-8-16-9-12)15(18)17-11(2)13-6-4-5-7-14(13)19-3/h4-7,10-12,16H,8-9H2,1-3H3,(H,17,18)/t10?,11-/m0/s1. The number of carbonyl (C=O) groups excluding carboxylic acids is 1. The van der Waals surface area contributed by atoms with E-state index in [-0.39, 0.29) is 17.9 Å². The van der Waals surface area contributed by atoms with E-state index in [1.54, 1.807) is 7.11 Å². The highest BCUT2D eigenvalue weighted by Crippen LogP contribution is 2.25. The molecule has 4 heteroatoms. The lowest BCUT2D eigenvalue weighted by atomic mass is 9.88. The minimum absolute atomic E-state index is 0.0425. The molecule has 1 aliphatic heterocycles. The third kappa shape index (κ3) is 3.07. The molecule has 1 heterocycles. The minimum atomic E-state index is -0.0425. The number of amides is 1. The van der Waals surface area contributed by atoms with E-state index in [0.717, 1.165) is 24.4 Å². The first kappa shape index (κ1) is 13.9. The Balaban J connectivity index is 1.99. The van der Waals surface area contributed by atoms with E-state index in [9.17, 15) is 4.79 Å². The van der Waals surface area contributed by atoms with Gasteiger partial charge in [0.25, 0.3) is 0 Å². The summed E-state index contributed by atoms with van der Waals surface area (Å²) in [6.45, 7) is 5.87. The van der Waals surface area contributed by atoms with Crippen LogP contribution < -0.4 is 15.4 Å². The zero-order valence-electron chi connectivity index (χ0n) is 11.8. The Morgan fingerprint density at radius 2 is 2.05 bits per heavy atom. The Hall–Kier alpha value is -1.55. The summed E-state index contributed by atoms with van der Waals surface area (Å²) in [6, 6.07) is 7.75. The Labute approximate surface area is 114 Å². The van der Waals surface area contributed by atoms with E-state index in [2.05, 4.69) is 10.6 Å². The van der Waals surface area contributed by atoms with Crippen LogP contribution in [0.25, 0.3) is 0 Å². The van der Waals surface area contributed by atoms with Crippen molar-refractivity contribution in [1.82, 2.24) is 10.6 Å². The van der Waals surface area contributed by atoms with Gasteiger partial charge >= 0.3 is 0 Å². The molecular formula is C15H22N2O2. The summed E-state index contributed by atoms with van der Waals surface area (Å²) in [5, 5.41) is 6.27. The summed E-state index contributed by atoms with van der Waals surface area (Å²) < 4.78 is 5.33. The van der Waals surface area contributed by atoms with Gasteiger partial charge in [0.1, 0.15) is 5.75 Å². The molecule has 0 spiro atoms. The van der Waals surface area contributed by atoms with Gasteiger partial charge in [-0.25, -0.2) is 0 Å². The van der Waals surface area contributed by atoms with E-state index in [4.69, 9.17) is 4.74 Å². The fourth-order valence-corrected chi connectivity index (χ4v) is 2.33. The van der Waals surface area contributed by atoms with Gasteiger partial charge in [-0.15, -0.1) is 0 Å². The summed E-state index contributed by atoms with van der Waals surface area (Å²) in [6.07, 6.45) is 0. The Kier molecular flexibility index (Phi) is 4.43. The van der Waals surface area contributed by atoms with Crippen molar-refractivity contribution in [3.8, 4) is 5.75 Å². The maximum absolute atomic E-state index is 12.2. The molecular weight excluding hydrogens is 240 g/mol. The normalized spacial score (nSPS) is 18.3. The highest BCUT2D eigenvalue weighted by Gasteiger charge is 2.29. The lowest BCUT2D eigenvalue weighted by Gasteiger charge is -2.32. The molecule has 0 bridgehead atoms. The average molecular weight is 262 g/mol. The van der Waals surface area contributed by atoms with Crippen LogP contribution in [0.3, 0.4) is 0 Å². The second-order valence-corrected chi connectivity index (χ2v) is 5.18. The molecule has 2 rings (SSSR count). The van der Waals surface area contributed by atoms with Crippen molar-refractivity contribution in [1.29, 1.82) is 0 Å². The molecule has 1 unspecified atom stereocenters. The predicted molar refractivity (Wildman–Crippen MR) is 75.1 cm³/mol. The number of ether oxygens (including phenoxy) is 1. The highest BCUT2D eigenvalue weighted by molar-refractivity contribution is 5.79. The third-order valence-electron chi connectivity index (χ3n) is 3.90. The van der Waals surface area contributed by atoms with Crippen LogP contribution in [0.1, 0.15) is 25.5 Å². The summed E-state index contributed by atoms with van der Waals surface area (Å²) in [5.41, 5.74) is 1.01. The summed E-state index contributed by atoms with van der Waals surface area (Å²) in [5.74, 6) is 1.45. The molecule has 1 aliphatic rings. The van der Waals surface area contributed by atoms with Crippen molar-refractivity contribution in [2.24, 2.45) is 11.8 Å². The van der Waals surface area contributed by atoms with Gasteiger partial charge in [-0.05, 0) is 32.0 Å². The van der Waals surface area contributed by atoms with Crippen LogP contribution in [0.2, 0.25) is 0 Å². The van der Waals surface area contributed by atoms with E-state index >= 15 is 0 Å². The first-order chi connectivity index (χ1) is 9.13. The van der Waals surface area contributed by atoms with Gasteiger partial charge in [0.2, 0.25) is 5.91 Å². The van der Waals surface area contributed by atoms with E-state index < -0.39 is 0 Å². The molecule has 1 saturated heterocycles. The molecule has 0 radical (unpaired) electrons. The number of para-hydroxylation sites is 1. The number of carbonyl (C=O) groups is 1. The van der Waals surface area contributed by atoms with Crippen LogP contribution in [0.5, 0.6) is 5.75 Å². The average Bonchev–Trinajstić information content (AvgIpc) is 2.36. The Bertz CT molecular complexity index is 444. The van der Waals surface area contributed by atoms with Crippen LogP contribution in [-0.2, 0) is 4.79 Å². The second kappa shape index (κ2) is 6.06. The van der Waals surface area contributed by atoms with Gasteiger partial charge in [0.05, 0.1) is 13.2 Å². The smallest absolute Gasteiger partial charge is 0.223 e. The lowest BCUT2D eigenvalue weighted by Crippen LogP contribution is -2.49. The topological polar surface area (TPSA) is 50.4 Å². The van der Waals surface area contributed by atoms with Gasteiger partial charge in [-0.2, -0.15) is 0 Å². The molecule has 4 nitrogen and oxygen atoms in total. The van der Waals surface area contributed by atoms with Crippen molar-refractivity contribution in [3.63, 3.8) is 0 Å². The first-order valence-corrected chi connectivity index (χ1v) is 6.77. The van der Waals surface area contributed by atoms with Crippen molar-refractivity contribution in [2.75, 3.05) is 20.2 Å². The number of nitrogens with one attached hydrogen (secondary N) is 2. The molecule has 0 saturated carbocycles. The lowest BCUT2D eigenvalue weighted by molar-refractivity contribution is -0.127. The fourth-order valence-electron chi connectivity index (χ4n) is 2.33. The number of hydrogen-bond donors (Lipinski definition) is 2. The van der Waals surface area contributed by atoms with Gasteiger partial charge < -0.3 is 15.4 Å². The molecule has 0 aliphatic carbocycles. The second-order valence-electron chi connectivity index (χ2n) is 5.18. The molecule has 1 aromatic rings. The summed E-state index contributed by atoms with van der Waals surface area (Å²) in [4.78, 5) is 12.2. The van der Waals surface area contributed by atoms with Crippen LogP contribution in [0, 0.1) is 11.8 Å². The van der Waals surface area contributed by atoms with Crippen LogP contribution in [0.4, 0.5) is 0 Å². The summed E-state index contributed by atoms with van der Waals surface area (Å²) >= 11 is 0. The molecule has 104 valence electrons. The highest BCUT2D eigenvalue weighted by atomic mass is 16.5. The van der Waals surface area contributed by atoms with Gasteiger partial charge in [0, 0.05) is 11.5 Å². The van der Waals surface area contributed by atoms with E-state index in [1.165, 1.54) is 0 Å². The predicted octanol–water partition coefficient (Wildman–Crippen LogP) is 1.73. The van der Waals surface area contributed by atoms with Crippen LogP contribution in [-0.4, -0.2) is 26.1 Å². The number of methoxy groups -OCH3 is 1. The van der Waals surface area contributed by atoms with Crippen LogP contribution >= 0.6 is 0 Å². The van der Waals surface area contributed by atoms with E-state index in [0.29, 0.717) is 5.92 Å². The monoisotopic (exact) mass is 262 g/mol. The molecule has 0 aromatic heterocycles. The van der Waals surface area contributed by atoms with Gasteiger partial charge in [-0.3, -0.25) is 4.79 Å². The van der Waals surface area contributed by atoms with Crippen molar-refractivity contribution < 1.29 is 9.53 Å². The molecule has 2 atom stereocenters.